The van der Waals surface area contributed by atoms with Gasteiger partial charge < -0.3 is 5.32 Å². The molecule has 2 aliphatic carbocycles. The van der Waals surface area contributed by atoms with Gasteiger partial charge in [0.05, 0.1) is 0 Å². The molecule has 2 atom stereocenters. The summed E-state index contributed by atoms with van der Waals surface area (Å²) in [6, 6.07) is 0.455. The Morgan fingerprint density at radius 3 is 2.33 bits per heavy atom. The van der Waals surface area contributed by atoms with E-state index < -0.39 is 5.92 Å². The van der Waals surface area contributed by atoms with Crippen LogP contribution in [0, 0.1) is 17.8 Å². The zero-order valence-electron chi connectivity index (χ0n) is 11.7. The van der Waals surface area contributed by atoms with Crippen molar-refractivity contribution in [1.29, 1.82) is 0 Å². The van der Waals surface area contributed by atoms with Crippen molar-refractivity contribution < 1.29 is 8.78 Å². The van der Waals surface area contributed by atoms with E-state index in [1.165, 1.54) is 25.7 Å². The normalized spacial score (nSPS) is 37.7. The monoisotopic (exact) mass is 259 g/mol. The maximum atomic E-state index is 13.2. The molecule has 0 heterocycles. The predicted octanol–water partition coefficient (Wildman–Crippen LogP) is 4.23. The van der Waals surface area contributed by atoms with Gasteiger partial charge in [-0.05, 0) is 50.5 Å². The quantitative estimate of drug-likeness (QED) is 0.797. The highest BCUT2D eigenvalue weighted by Gasteiger charge is 2.40. The molecule has 2 aliphatic rings. The van der Waals surface area contributed by atoms with Gasteiger partial charge in [0, 0.05) is 18.9 Å². The van der Waals surface area contributed by atoms with Crippen LogP contribution in [0.25, 0.3) is 0 Å². The molecular weight excluding hydrogens is 232 g/mol. The van der Waals surface area contributed by atoms with Crippen molar-refractivity contribution in [2.75, 3.05) is 7.05 Å². The molecule has 0 bridgehead atoms. The molecular formula is C15H27F2N. The van der Waals surface area contributed by atoms with Gasteiger partial charge >= 0.3 is 0 Å². The third kappa shape index (κ3) is 3.66. The second-order valence-electron chi connectivity index (χ2n) is 6.62. The van der Waals surface area contributed by atoms with Crippen molar-refractivity contribution in [2.45, 2.75) is 70.3 Å². The summed E-state index contributed by atoms with van der Waals surface area (Å²) in [4.78, 5) is 0. The minimum absolute atomic E-state index is 0.107. The Balaban J connectivity index is 1.82. The van der Waals surface area contributed by atoms with E-state index in [-0.39, 0.29) is 18.8 Å². The first-order valence-corrected chi connectivity index (χ1v) is 7.55. The Kier molecular flexibility index (Phi) is 4.63. The summed E-state index contributed by atoms with van der Waals surface area (Å²) in [7, 11) is 2.00. The molecule has 0 aromatic carbocycles. The van der Waals surface area contributed by atoms with E-state index in [1.807, 2.05) is 7.05 Å². The molecule has 0 aromatic heterocycles. The van der Waals surface area contributed by atoms with Crippen LogP contribution in [0.2, 0.25) is 0 Å². The molecule has 0 amide bonds. The lowest BCUT2D eigenvalue weighted by atomic mass is 9.77. The molecule has 0 aliphatic heterocycles. The van der Waals surface area contributed by atoms with Crippen LogP contribution in [0.15, 0.2) is 0 Å². The molecule has 2 saturated carbocycles. The number of hydrogen-bond donors (Lipinski definition) is 1. The molecule has 18 heavy (non-hydrogen) atoms. The summed E-state index contributed by atoms with van der Waals surface area (Å²) in [5.74, 6) is -0.587. The maximum Gasteiger partial charge on any atom is 0.248 e. The Morgan fingerprint density at radius 1 is 1.17 bits per heavy atom. The van der Waals surface area contributed by atoms with Crippen LogP contribution in [0.3, 0.4) is 0 Å². The van der Waals surface area contributed by atoms with E-state index in [0.29, 0.717) is 18.4 Å². The molecule has 0 spiro atoms. The molecule has 1 nitrogen and oxygen atoms in total. The number of rotatable bonds is 4. The summed E-state index contributed by atoms with van der Waals surface area (Å²) < 4.78 is 26.4. The molecule has 106 valence electrons. The molecule has 0 radical (unpaired) electrons. The van der Waals surface area contributed by atoms with Crippen molar-refractivity contribution in [3.05, 3.63) is 0 Å². The van der Waals surface area contributed by atoms with Gasteiger partial charge in [0.15, 0.2) is 0 Å². The molecule has 3 heteroatoms. The zero-order chi connectivity index (χ0) is 13.2. The Bertz CT molecular complexity index is 259. The summed E-state index contributed by atoms with van der Waals surface area (Å²) >= 11 is 0. The van der Waals surface area contributed by atoms with Crippen molar-refractivity contribution in [3.8, 4) is 0 Å². The van der Waals surface area contributed by atoms with E-state index >= 15 is 0 Å². The summed E-state index contributed by atoms with van der Waals surface area (Å²) in [6.07, 6.45) is 7.06. The first-order chi connectivity index (χ1) is 8.50. The van der Waals surface area contributed by atoms with Gasteiger partial charge in [0.1, 0.15) is 0 Å². The lowest BCUT2D eigenvalue weighted by Crippen LogP contribution is -2.37. The largest absolute Gasteiger partial charge is 0.317 e. The van der Waals surface area contributed by atoms with Gasteiger partial charge in [-0.2, -0.15) is 0 Å². The van der Waals surface area contributed by atoms with Crippen molar-refractivity contribution in [3.63, 3.8) is 0 Å². The summed E-state index contributed by atoms with van der Waals surface area (Å²) in [5.41, 5.74) is 0. The SMILES string of the molecule is CNC(CC1CCC(F)(F)C1)C1CCC(C)CC1. The highest BCUT2D eigenvalue weighted by Crippen LogP contribution is 2.42. The molecule has 0 saturated heterocycles. The fourth-order valence-electron chi connectivity index (χ4n) is 3.84. The number of hydrogen-bond acceptors (Lipinski definition) is 1. The highest BCUT2D eigenvalue weighted by molar-refractivity contribution is 4.87. The predicted molar refractivity (Wildman–Crippen MR) is 70.9 cm³/mol. The fraction of sp³-hybridized carbons (Fsp3) is 1.00. The van der Waals surface area contributed by atoms with Crippen LogP contribution in [-0.4, -0.2) is 19.0 Å². The molecule has 1 N–H and O–H groups in total. The first kappa shape index (κ1) is 14.2. The van der Waals surface area contributed by atoms with Gasteiger partial charge in [-0.25, -0.2) is 8.78 Å². The molecule has 2 rings (SSSR count). The van der Waals surface area contributed by atoms with Gasteiger partial charge in [-0.1, -0.05) is 19.8 Å². The van der Waals surface area contributed by atoms with E-state index in [9.17, 15) is 8.78 Å². The van der Waals surface area contributed by atoms with E-state index in [0.717, 1.165) is 12.3 Å². The van der Waals surface area contributed by atoms with Crippen molar-refractivity contribution >= 4 is 0 Å². The number of halogens is 2. The van der Waals surface area contributed by atoms with Gasteiger partial charge in [-0.15, -0.1) is 0 Å². The average molecular weight is 259 g/mol. The average Bonchev–Trinajstić information content (AvgIpc) is 2.67. The fourth-order valence-corrected chi connectivity index (χ4v) is 3.84. The van der Waals surface area contributed by atoms with Crippen LogP contribution in [0.4, 0.5) is 8.78 Å². The van der Waals surface area contributed by atoms with Gasteiger partial charge in [0.25, 0.3) is 0 Å². The van der Waals surface area contributed by atoms with Gasteiger partial charge in [0.2, 0.25) is 5.92 Å². The second kappa shape index (κ2) is 5.85. The van der Waals surface area contributed by atoms with Crippen molar-refractivity contribution in [1.82, 2.24) is 5.32 Å². The smallest absolute Gasteiger partial charge is 0.248 e. The minimum Gasteiger partial charge on any atom is -0.317 e. The highest BCUT2D eigenvalue weighted by atomic mass is 19.3. The van der Waals surface area contributed by atoms with Crippen LogP contribution in [-0.2, 0) is 0 Å². The lowest BCUT2D eigenvalue weighted by molar-refractivity contribution is 0.00390. The number of alkyl halides is 2. The van der Waals surface area contributed by atoms with Crippen LogP contribution < -0.4 is 5.32 Å². The van der Waals surface area contributed by atoms with Crippen molar-refractivity contribution in [2.24, 2.45) is 17.8 Å². The molecule has 2 unspecified atom stereocenters. The third-order valence-corrected chi connectivity index (χ3v) is 5.09. The Labute approximate surface area is 110 Å². The number of nitrogens with one attached hydrogen (secondary N) is 1. The van der Waals surface area contributed by atoms with E-state index in [2.05, 4.69) is 12.2 Å². The maximum absolute atomic E-state index is 13.2. The molecule has 2 fully saturated rings. The summed E-state index contributed by atoms with van der Waals surface area (Å²) in [6.45, 7) is 2.32. The third-order valence-electron chi connectivity index (χ3n) is 5.09. The topological polar surface area (TPSA) is 12.0 Å². The van der Waals surface area contributed by atoms with Crippen LogP contribution in [0.1, 0.15) is 58.3 Å². The molecule has 0 aromatic rings. The van der Waals surface area contributed by atoms with E-state index in [4.69, 9.17) is 0 Å². The first-order valence-electron chi connectivity index (χ1n) is 7.55. The minimum atomic E-state index is -2.38. The van der Waals surface area contributed by atoms with Crippen LogP contribution in [0.5, 0.6) is 0 Å². The van der Waals surface area contributed by atoms with E-state index in [1.54, 1.807) is 0 Å². The zero-order valence-corrected chi connectivity index (χ0v) is 11.7. The standard InChI is InChI=1S/C15H27F2N/c1-11-3-5-13(6-4-11)14(18-2)9-12-7-8-15(16,17)10-12/h11-14,18H,3-10H2,1-2H3. The lowest BCUT2D eigenvalue weighted by Gasteiger charge is -2.34. The second-order valence-corrected chi connectivity index (χ2v) is 6.62. The van der Waals surface area contributed by atoms with Gasteiger partial charge in [-0.3, -0.25) is 0 Å². The van der Waals surface area contributed by atoms with Crippen LogP contribution >= 0.6 is 0 Å². The Hall–Kier alpha value is -0.180. The summed E-state index contributed by atoms with van der Waals surface area (Å²) in [5, 5.41) is 3.40. The Morgan fingerprint density at radius 2 is 1.83 bits per heavy atom.